The first-order valence-electron chi connectivity index (χ1n) is 5.93. The zero-order valence-electron chi connectivity index (χ0n) is 11.1. The lowest BCUT2D eigenvalue weighted by Gasteiger charge is -2.10. The minimum atomic E-state index is -4.05. The molecule has 0 spiro atoms. The Kier molecular flexibility index (Phi) is 3.81. The normalized spacial score (nSPS) is 11.1. The van der Waals surface area contributed by atoms with Gasteiger partial charge in [-0.2, -0.15) is 0 Å². The van der Waals surface area contributed by atoms with Crippen molar-refractivity contribution in [1.82, 2.24) is 0 Å². The van der Waals surface area contributed by atoms with Gasteiger partial charge in [-0.3, -0.25) is 14.8 Å². The van der Waals surface area contributed by atoms with Crippen molar-refractivity contribution in [2.45, 2.75) is 11.8 Å². The first-order chi connectivity index (χ1) is 9.81. The Morgan fingerprint density at radius 1 is 1.19 bits per heavy atom. The molecule has 0 fully saturated rings. The number of aryl methyl sites for hydroxylation is 1. The molecule has 0 amide bonds. The van der Waals surface area contributed by atoms with Gasteiger partial charge in [0, 0.05) is 17.4 Å². The number of nitrogens with one attached hydrogen (secondary N) is 1. The average Bonchev–Trinajstić information content (AvgIpc) is 2.42. The molecule has 0 saturated carbocycles. The summed E-state index contributed by atoms with van der Waals surface area (Å²) >= 11 is 0. The molecule has 0 heterocycles. The molecular weight excluding hydrogens is 294 g/mol. The predicted molar refractivity (Wildman–Crippen MR) is 79.5 cm³/mol. The fraction of sp³-hybridized carbons (Fsp3) is 0.0769. The summed E-state index contributed by atoms with van der Waals surface area (Å²) in [4.78, 5) is 9.80. The van der Waals surface area contributed by atoms with E-state index in [9.17, 15) is 18.5 Å². The first-order valence-corrected chi connectivity index (χ1v) is 7.42. The molecule has 0 aliphatic carbocycles. The number of anilines is 2. The van der Waals surface area contributed by atoms with Crippen molar-refractivity contribution in [3.8, 4) is 0 Å². The predicted octanol–water partition coefficient (Wildman–Crippen LogP) is 2.29. The molecule has 0 radical (unpaired) electrons. The molecule has 2 aromatic rings. The van der Waals surface area contributed by atoms with Gasteiger partial charge in [0.25, 0.3) is 15.7 Å². The van der Waals surface area contributed by atoms with E-state index in [0.29, 0.717) is 16.9 Å². The van der Waals surface area contributed by atoms with Crippen LogP contribution in [0.2, 0.25) is 0 Å². The van der Waals surface area contributed by atoms with Gasteiger partial charge in [-0.05, 0) is 36.8 Å². The van der Waals surface area contributed by atoms with E-state index in [1.54, 1.807) is 19.1 Å². The lowest BCUT2D eigenvalue weighted by molar-refractivity contribution is -0.387. The number of hydrogen-bond donors (Lipinski definition) is 2. The van der Waals surface area contributed by atoms with E-state index in [2.05, 4.69) is 4.72 Å². The van der Waals surface area contributed by atoms with Crippen LogP contribution < -0.4 is 10.5 Å². The number of hydrogen-bond acceptors (Lipinski definition) is 5. The quantitative estimate of drug-likeness (QED) is 0.511. The van der Waals surface area contributed by atoms with E-state index in [1.807, 2.05) is 0 Å². The van der Waals surface area contributed by atoms with E-state index < -0.39 is 20.6 Å². The van der Waals surface area contributed by atoms with Gasteiger partial charge < -0.3 is 5.73 Å². The Morgan fingerprint density at radius 2 is 1.86 bits per heavy atom. The second-order valence-corrected chi connectivity index (χ2v) is 6.05. The summed E-state index contributed by atoms with van der Waals surface area (Å²) in [6, 6.07) is 9.77. The Bertz CT molecular complexity index is 803. The Hall–Kier alpha value is -2.61. The van der Waals surface area contributed by atoms with Crippen molar-refractivity contribution in [2.24, 2.45) is 0 Å². The third-order valence-corrected chi connectivity index (χ3v) is 4.30. The smallest absolute Gasteiger partial charge is 0.289 e. The number of sulfonamides is 1. The minimum Gasteiger partial charge on any atom is -0.399 e. The second kappa shape index (κ2) is 5.41. The van der Waals surface area contributed by atoms with Crippen LogP contribution in [0.4, 0.5) is 17.1 Å². The number of nitrogens with two attached hydrogens (primary N) is 1. The number of nitro benzene ring substituents is 1. The van der Waals surface area contributed by atoms with Crippen LogP contribution in [0.3, 0.4) is 0 Å². The maximum absolute atomic E-state index is 12.3. The molecular formula is C13H13N3O4S. The molecule has 8 heteroatoms. The molecule has 0 bridgehead atoms. The summed E-state index contributed by atoms with van der Waals surface area (Å²) < 4.78 is 26.9. The van der Waals surface area contributed by atoms with Crippen LogP contribution in [0.25, 0.3) is 0 Å². The van der Waals surface area contributed by atoms with E-state index in [-0.39, 0.29) is 4.90 Å². The third kappa shape index (κ3) is 3.11. The van der Waals surface area contributed by atoms with Gasteiger partial charge in [0.1, 0.15) is 0 Å². The highest BCUT2D eigenvalue weighted by atomic mass is 32.2. The molecule has 0 unspecified atom stereocenters. The number of nitrogen functional groups attached to an aromatic ring is 1. The average molecular weight is 307 g/mol. The van der Waals surface area contributed by atoms with Crippen LogP contribution in [0, 0.1) is 17.0 Å². The lowest BCUT2D eigenvalue weighted by atomic mass is 10.2. The summed E-state index contributed by atoms with van der Waals surface area (Å²) in [5, 5.41) is 10.9. The molecule has 110 valence electrons. The van der Waals surface area contributed by atoms with Crippen LogP contribution in [0.1, 0.15) is 5.56 Å². The minimum absolute atomic E-state index is 0.292. The summed E-state index contributed by atoms with van der Waals surface area (Å²) in [5.41, 5.74) is 6.71. The maximum atomic E-state index is 12.3. The highest BCUT2D eigenvalue weighted by Crippen LogP contribution is 2.26. The summed E-state index contributed by atoms with van der Waals surface area (Å²) in [7, 11) is -4.05. The Labute approximate surface area is 121 Å². The van der Waals surface area contributed by atoms with Crippen LogP contribution in [0.15, 0.2) is 47.4 Å². The van der Waals surface area contributed by atoms with Crippen molar-refractivity contribution >= 4 is 27.1 Å². The number of nitrogens with zero attached hydrogens (tertiary/aromatic N) is 1. The van der Waals surface area contributed by atoms with E-state index in [1.165, 1.54) is 24.3 Å². The lowest BCUT2D eigenvalue weighted by Crippen LogP contribution is -2.14. The SMILES string of the molecule is Cc1cc(NS(=O)(=O)c2ccccc2[N+](=O)[O-])ccc1N. The second-order valence-electron chi connectivity index (χ2n) is 4.40. The number of rotatable bonds is 4. The zero-order chi connectivity index (χ0) is 15.6. The van der Waals surface area contributed by atoms with Crippen molar-refractivity contribution < 1.29 is 13.3 Å². The fourth-order valence-corrected chi connectivity index (χ4v) is 3.01. The van der Waals surface area contributed by atoms with Crippen LogP contribution in [-0.2, 0) is 10.0 Å². The fourth-order valence-electron chi connectivity index (χ4n) is 1.78. The van der Waals surface area contributed by atoms with Crippen molar-refractivity contribution in [3.05, 3.63) is 58.1 Å². The molecule has 0 aliphatic heterocycles. The van der Waals surface area contributed by atoms with Crippen LogP contribution in [-0.4, -0.2) is 13.3 Å². The van der Waals surface area contributed by atoms with Gasteiger partial charge >= 0.3 is 0 Å². The standard InChI is InChI=1S/C13H13N3O4S/c1-9-8-10(6-7-11(9)14)15-21(19,20)13-5-3-2-4-12(13)16(17)18/h2-8,15H,14H2,1H3. The molecule has 0 saturated heterocycles. The van der Waals surface area contributed by atoms with Crippen molar-refractivity contribution in [2.75, 3.05) is 10.5 Å². The molecule has 0 aromatic heterocycles. The number of para-hydroxylation sites is 1. The molecule has 2 aromatic carbocycles. The van der Waals surface area contributed by atoms with Gasteiger partial charge in [0.2, 0.25) is 0 Å². The van der Waals surface area contributed by atoms with E-state index >= 15 is 0 Å². The van der Waals surface area contributed by atoms with Crippen LogP contribution >= 0.6 is 0 Å². The monoisotopic (exact) mass is 307 g/mol. The molecule has 21 heavy (non-hydrogen) atoms. The van der Waals surface area contributed by atoms with Gasteiger partial charge in [-0.25, -0.2) is 8.42 Å². The largest absolute Gasteiger partial charge is 0.399 e. The number of benzene rings is 2. The topological polar surface area (TPSA) is 115 Å². The molecule has 0 aliphatic rings. The third-order valence-electron chi connectivity index (χ3n) is 2.87. The first kappa shape index (κ1) is 14.8. The van der Waals surface area contributed by atoms with Gasteiger partial charge in [0.15, 0.2) is 4.90 Å². The van der Waals surface area contributed by atoms with Gasteiger partial charge in [-0.1, -0.05) is 12.1 Å². The summed E-state index contributed by atoms with van der Waals surface area (Å²) in [6.45, 7) is 1.73. The number of nitro groups is 1. The van der Waals surface area contributed by atoms with E-state index in [4.69, 9.17) is 5.73 Å². The highest BCUT2D eigenvalue weighted by molar-refractivity contribution is 7.92. The van der Waals surface area contributed by atoms with Crippen LogP contribution in [0.5, 0.6) is 0 Å². The van der Waals surface area contributed by atoms with Crippen molar-refractivity contribution in [3.63, 3.8) is 0 Å². The van der Waals surface area contributed by atoms with Gasteiger partial charge in [0.05, 0.1) is 4.92 Å². The van der Waals surface area contributed by atoms with Crippen molar-refractivity contribution in [1.29, 1.82) is 0 Å². The Balaban J connectivity index is 2.43. The maximum Gasteiger partial charge on any atom is 0.289 e. The summed E-state index contributed by atoms with van der Waals surface area (Å²) in [6.07, 6.45) is 0. The molecule has 3 N–H and O–H groups in total. The highest BCUT2D eigenvalue weighted by Gasteiger charge is 2.25. The zero-order valence-corrected chi connectivity index (χ0v) is 11.9. The van der Waals surface area contributed by atoms with Gasteiger partial charge in [-0.15, -0.1) is 0 Å². The van der Waals surface area contributed by atoms with E-state index in [0.717, 1.165) is 6.07 Å². The Morgan fingerprint density at radius 3 is 2.48 bits per heavy atom. The molecule has 2 rings (SSSR count). The summed E-state index contributed by atoms with van der Waals surface area (Å²) in [5.74, 6) is 0. The molecule has 0 atom stereocenters. The molecule has 7 nitrogen and oxygen atoms in total.